The van der Waals surface area contributed by atoms with E-state index in [0.29, 0.717) is 17.1 Å². The molecule has 0 N–H and O–H groups in total. The second kappa shape index (κ2) is 7.02. The first-order valence-corrected chi connectivity index (χ1v) is 8.64. The summed E-state index contributed by atoms with van der Waals surface area (Å²) in [6, 6.07) is 22.5. The molecule has 0 aliphatic carbocycles. The molecule has 0 aliphatic rings. The lowest BCUT2D eigenvalue weighted by Crippen LogP contribution is -2.31. The summed E-state index contributed by atoms with van der Waals surface area (Å²) in [6.45, 7) is 0.388. The SMILES string of the molecule is O=C(c1ccccc1Cl)N(Cc1cnc2ccccn12)c1ccccc1. The van der Waals surface area contributed by atoms with Gasteiger partial charge in [0.2, 0.25) is 0 Å². The predicted molar refractivity (Wildman–Crippen MR) is 104 cm³/mol. The number of fused-ring (bicyclic) bond motifs is 1. The van der Waals surface area contributed by atoms with E-state index in [2.05, 4.69) is 4.98 Å². The van der Waals surface area contributed by atoms with Crippen LogP contribution in [0.2, 0.25) is 5.02 Å². The van der Waals surface area contributed by atoms with Crippen LogP contribution in [0.15, 0.2) is 85.2 Å². The summed E-state index contributed by atoms with van der Waals surface area (Å²) < 4.78 is 1.98. The first kappa shape index (κ1) is 16.4. The first-order chi connectivity index (χ1) is 12.7. The summed E-state index contributed by atoms with van der Waals surface area (Å²) in [5.74, 6) is -0.146. The summed E-state index contributed by atoms with van der Waals surface area (Å²) in [4.78, 5) is 19.4. The number of carbonyl (C=O) groups is 1. The minimum atomic E-state index is -0.146. The van der Waals surface area contributed by atoms with Crippen molar-refractivity contribution in [1.82, 2.24) is 9.38 Å². The molecule has 0 aliphatic heterocycles. The Balaban J connectivity index is 1.77. The molecule has 128 valence electrons. The maximum atomic E-state index is 13.2. The zero-order chi connectivity index (χ0) is 17.9. The number of hydrogen-bond donors (Lipinski definition) is 0. The second-order valence-electron chi connectivity index (χ2n) is 5.89. The van der Waals surface area contributed by atoms with Crippen molar-refractivity contribution >= 4 is 28.8 Å². The van der Waals surface area contributed by atoms with Gasteiger partial charge in [-0.25, -0.2) is 4.98 Å². The molecular weight excluding hydrogens is 346 g/mol. The van der Waals surface area contributed by atoms with Crippen LogP contribution in [0, 0.1) is 0 Å². The number of carbonyl (C=O) groups excluding carboxylic acids is 1. The lowest BCUT2D eigenvalue weighted by atomic mass is 10.1. The van der Waals surface area contributed by atoms with Crippen molar-refractivity contribution in [2.75, 3.05) is 4.90 Å². The Kier molecular flexibility index (Phi) is 4.42. The van der Waals surface area contributed by atoms with E-state index in [0.717, 1.165) is 17.0 Å². The molecule has 0 fully saturated rings. The lowest BCUT2D eigenvalue weighted by molar-refractivity contribution is 0.0985. The van der Waals surface area contributed by atoms with Gasteiger partial charge >= 0.3 is 0 Å². The van der Waals surface area contributed by atoms with Gasteiger partial charge < -0.3 is 9.30 Å². The van der Waals surface area contributed by atoms with Crippen molar-refractivity contribution < 1.29 is 4.79 Å². The van der Waals surface area contributed by atoms with Crippen LogP contribution in [0.3, 0.4) is 0 Å². The quantitative estimate of drug-likeness (QED) is 0.522. The molecule has 26 heavy (non-hydrogen) atoms. The zero-order valence-electron chi connectivity index (χ0n) is 13.9. The van der Waals surface area contributed by atoms with Gasteiger partial charge in [-0.05, 0) is 36.4 Å². The molecule has 0 spiro atoms. The Morgan fingerprint density at radius 1 is 0.962 bits per heavy atom. The fourth-order valence-electron chi connectivity index (χ4n) is 2.93. The summed E-state index contributed by atoms with van der Waals surface area (Å²) in [5, 5.41) is 0.441. The topological polar surface area (TPSA) is 37.6 Å². The predicted octanol–water partition coefficient (Wildman–Crippen LogP) is 4.83. The van der Waals surface area contributed by atoms with Gasteiger partial charge in [0.25, 0.3) is 5.91 Å². The van der Waals surface area contributed by atoms with E-state index >= 15 is 0 Å². The maximum Gasteiger partial charge on any atom is 0.260 e. The summed E-state index contributed by atoms with van der Waals surface area (Å²) >= 11 is 6.26. The van der Waals surface area contributed by atoms with Gasteiger partial charge in [0, 0.05) is 11.9 Å². The van der Waals surface area contributed by atoms with E-state index in [4.69, 9.17) is 11.6 Å². The molecule has 0 bridgehead atoms. The minimum Gasteiger partial charge on any atom is -0.302 e. The van der Waals surface area contributed by atoms with E-state index in [9.17, 15) is 4.79 Å². The highest BCUT2D eigenvalue weighted by molar-refractivity contribution is 6.34. The average molecular weight is 362 g/mol. The molecule has 4 aromatic rings. The highest BCUT2D eigenvalue weighted by Gasteiger charge is 2.21. The van der Waals surface area contributed by atoms with Gasteiger partial charge in [0.15, 0.2) is 0 Å². The van der Waals surface area contributed by atoms with Crippen molar-refractivity contribution in [3.8, 4) is 0 Å². The Morgan fingerprint density at radius 3 is 2.50 bits per heavy atom. The standard InChI is InChI=1S/C21H16ClN3O/c22-19-11-5-4-10-18(19)21(26)25(16-8-2-1-3-9-16)15-17-14-23-20-12-6-7-13-24(17)20/h1-14H,15H2. The molecule has 0 unspecified atom stereocenters. The smallest absolute Gasteiger partial charge is 0.260 e. The monoisotopic (exact) mass is 361 g/mol. The van der Waals surface area contributed by atoms with Gasteiger partial charge in [-0.1, -0.05) is 48.0 Å². The van der Waals surface area contributed by atoms with Crippen molar-refractivity contribution in [3.05, 3.63) is 101 Å². The number of benzene rings is 2. The largest absolute Gasteiger partial charge is 0.302 e. The van der Waals surface area contributed by atoms with Gasteiger partial charge in [-0.3, -0.25) is 4.79 Å². The van der Waals surface area contributed by atoms with Crippen molar-refractivity contribution in [3.63, 3.8) is 0 Å². The molecule has 0 atom stereocenters. The van der Waals surface area contributed by atoms with Crippen molar-refractivity contribution in [2.24, 2.45) is 0 Å². The summed E-state index contributed by atoms with van der Waals surface area (Å²) in [5.41, 5.74) is 3.06. The fraction of sp³-hybridized carbons (Fsp3) is 0.0476. The van der Waals surface area contributed by atoms with E-state index in [1.165, 1.54) is 0 Å². The van der Waals surface area contributed by atoms with Gasteiger partial charge in [-0.15, -0.1) is 0 Å². The Labute approximate surface area is 156 Å². The number of amides is 1. The van der Waals surface area contributed by atoms with E-state index < -0.39 is 0 Å². The second-order valence-corrected chi connectivity index (χ2v) is 6.29. The summed E-state index contributed by atoms with van der Waals surface area (Å²) in [6.07, 6.45) is 3.74. The molecule has 0 radical (unpaired) electrons. The molecule has 2 heterocycles. The highest BCUT2D eigenvalue weighted by atomic mass is 35.5. The molecule has 5 heteroatoms. The number of hydrogen-bond acceptors (Lipinski definition) is 2. The Bertz CT molecular complexity index is 1060. The summed E-state index contributed by atoms with van der Waals surface area (Å²) in [7, 11) is 0. The molecule has 0 saturated heterocycles. The van der Waals surface area contributed by atoms with E-state index in [1.807, 2.05) is 71.3 Å². The number of para-hydroxylation sites is 1. The first-order valence-electron chi connectivity index (χ1n) is 8.26. The van der Waals surface area contributed by atoms with Crippen LogP contribution in [0.5, 0.6) is 0 Å². The number of rotatable bonds is 4. The number of pyridine rings is 1. The van der Waals surface area contributed by atoms with Crippen LogP contribution in [0.1, 0.15) is 16.1 Å². The number of anilines is 1. The van der Waals surface area contributed by atoms with Crippen LogP contribution in [-0.4, -0.2) is 15.3 Å². The third kappa shape index (κ3) is 3.07. The average Bonchev–Trinajstić information content (AvgIpc) is 3.10. The van der Waals surface area contributed by atoms with Crippen LogP contribution in [0.25, 0.3) is 5.65 Å². The zero-order valence-corrected chi connectivity index (χ0v) is 14.7. The molecule has 1 amide bonds. The number of halogens is 1. The van der Waals surface area contributed by atoms with Crippen molar-refractivity contribution in [1.29, 1.82) is 0 Å². The van der Waals surface area contributed by atoms with Crippen LogP contribution < -0.4 is 4.90 Å². The fourth-order valence-corrected chi connectivity index (χ4v) is 3.15. The number of nitrogens with zero attached hydrogens (tertiary/aromatic N) is 3. The number of aromatic nitrogens is 2. The van der Waals surface area contributed by atoms with Crippen LogP contribution in [0.4, 0.5) is 5.69 Å². The molecular formula is C21H16ClN3O. The molecule has 4 nitrogen and oxygen atoms in total. The minimum absolute atomic E-state index is 0.146. The Morgan fingerprint density at radius 2 is 1.69 bits per heavy atom. The molecule has 2 aromatic heterocycles. The van der Waals surface area contributed by atoms with E-state index in [1.54, 1.807) is 23.2 Å². The maximum absolute atomic E-state index is 13.2. The van der Waals surface area contributed by atoms with Gasteiger partial charge in [-0.2, -0.15) is 0 Å². The van der Waals surface area contributed by atoms with Gasteiger partial charge in [0.1, 0.15) is 5.65 Å². The lowest BCUT2D eigenvalue weighted by Gasteiger charge is -2.23. The Hall–Kier alpha value is -3.11. The third-order valence-corrected chi connectivity index (χ3v) is 4.56. The van der Waals surface area contributed by atoms with Gasteiger partial charge in [0.05, 0.1) is 29.0 Å². The third-order valence-electron chi connectivity index (χ3n) is 4.23. The normalized spacial score (nSPS) is 10.8. The number of imidazole rings is 1. The van der Waals surface area contributed by atoms with Crippen LogP contribution >= 0.6 is 11.6 Å². The van der Waals surface area contributed by atoms with E-state index in [-0.39, 0.29) is 5.91 Å². The molecule has 2 aromatic carbocycles. The molecule has 0 saturated carbocycles. The highest BCUT2D eigenvalue weighted by Crippen LogP contribution is 2.24. The van der Waals surface area contributed by atoms with Crippen molar-refractivity contribution in [2.45, 2.75) is 6.54 Å². The van der Waals surface area contributed by atoms with Crippen LogP contribution in [-0.2, 0) is 6.54 Å². The molecule has 4 rings (SSSR count).